The highest BCUT2D eigenvalue weighted by Crippen LogP contribution is 2.36. The van der Waals surface area contributed by atoms with E-state index in [1.54, 1.807) is 30.3 Å². The van der Waals surface area contributed by atoms with Gasteiger partial charge in [0.05, 0.1) is 19.9 Å². The number of carbonyl (C=O) groups is 3. The van der Waals surface area contributed by atoms with Gasteiger partial charge in [-0.05, 0) is 36.8 Å². The maximum Gasteiger partial charge on any atom is 0.263 e. The summed E-state index contributed by atoms with van der Waals surface area (Å²) in [6.45, 7) is 1.58. The highest BCUT2D eigenvalue weighted by molar-refractivity contribution is 6.31. The molecule has 11 heteroatoms. The zero-order chi connectivity index (χ0) is 23.0. The molecule has 1 N–H and O–H groups in total. The first-order chi connectivity index (χ1) is 15.3. The molecule has 2 aliphatic rings. The number of methoxy groups -OCH3 is 2. The van der Waals surface area contributed by atoms with Gasteiger partial charge in [0.1, 0.15) is 6.54 Å². The van der Waals surface area contributed by atoms with E-state index in [4.69, 9.17) is 21.1 Å². The summed E-state index contributed by atoms with van der Waals surface area (Å²) in [4.78, 5) is 39.6. The van der Waals surface area contributed by atoms with Crippen molar-refractivity contribution in [3.8, 4) is 11.5 Å². The molecule has 32 heavy (non-hydrogen) atoms. The average molecular weight is 458 g/mol. The van der Waals surface area contributed by atoms with Crippen LogP contribution in [0.4, 0.5) is 11.4 Å². The minimum absolute atomic E-state index is 0.255. The number of anilines is 2. The smallest absolute Gasteiger partial charge is 0.263 e. The number of nitrogens with one attached hydrogen (secondary N) is 1. The summed E-state index contributed by atoms with van der Waals surface area (Å²) < 4.78 is 10.5. The minimum atomic E-state index is -1.02. The minimum Gasteiger partial charge on any atom is -0.493 e. The van der Waals surface area contributed by atoms with Crippen LogP contribution in [0.5, 0.6) is 11.5 Å². The zero-order valence-corrected chi connectivity index (χ0v) is 18.3. The fourth-order valence-corrected chi connectivity index (χ4v) is 3.81. The van der Waals surface area contributed by atoms with E-state index >= 15 is 0 Å². The molecular formula is C21H20ClN5O5. The monoisotopic (exact) mass is 457 g/mol. The fraction of sp³-hybridized carbons (Fsp3) is 0.286. The summed E-state index contributed by atoms with van der Waals surface area (Å²) in [6.07, 6.45) is 0. The Morgan fingerprint density at radius 1 is 1.09 bits per heavy atom. The van der Waals surface area contributed by atoms with Gasteiger partial charge in [0, 0.05) is 16.8 Å². The molecule has 1 saturated heterocycles. The molecule has 2 aliphatic heterocycles. The van der Waals surface area contributed by atoms with E-state index < -0.39 is 29.8 Å². The van der Waals surface area contributed by atoms with Crippen LogP contribution in [0.3, 0.4) is 0 Å². The summed E-state index contributed by atoms with van der Waals surface area (Å²) in [7, 11) is 2.95. The Morgan fingerprint density at radius 2 is 1.84 bits per heavy atom. The van der Waals surface area contributed by atoms with Crippen LogP contribution >= 0.6 is 11.6 Å². The van der Waals surface area contributed by atoms with E-state index in [1.807, 2.05) is 6.92 Å². The summed E-state index contributed by atoms with van der Waals surface area (Å²) in [6, 6.07) is 7.83. The zero-order valence-electron chi connectivity index (χ0n) is 17.5. The summed E-state index contributed by atoms with van der Waals surface area (Å²) in [5.74, 6) is -0.629. The van der Waals surface area contributed by atoms with Crippen LogP contribution in [0.15, 0.2) is 46.7 Å². The fourth-order valence-electron chi connectivity index (χ4n) is 3.64. The van der Waals surface area contributed by atoms with Gasteiger partial charge in [-0.2, -0.15) is 5.11 Å². The molecule has 4 rings (SSSR count). The number of ether oxygens (including phenoxy) is 2. The Kier molecular flexibility index (Phi) is 5.70. The van der Waals surface area contributed by atoms with Crippen LogP contribution in [0.25, 0.3) is 0 Å². The number of fused-ring (bicyclic) bond motifs is 1. The molecule has 2 atom stereocenters. The largest absolute Gasteiger partial charge is 0.493 e. The lowest BCUT2D eigenvalue weighted by atomic mass is 10.1. The number of amides is 3. The number of aryl methyl sites for hydroxylation is 1. The molecule has 2 aromatic carbocycles. The molecule has 1 fully saturated rings. The summed E-state index contributed by atoms with van der Waals surface area (Å²) >= 11 is 5.99. The predicted octanol–water partition coefficient (Wildman–Crippen LogP) is 2.60. The lowest BCUT2D eigenvalue weighted by molar-refractivity contribution is -0.123. The van der Waals surface area contributed by atoms with Crippen molar-refractivity contribution in [2.45, 2.75) is 19.0 Å². The lowest BCUT2D eigenvalue weighted by Crippen LogP contribution is -2.43. The van der Waals surface area contributed by atoms with Crippen molar-refractivity contribution in [3.05, 3.63) is 47.0 Å². The SMILES string of the molecule is COc1ccc(N2C(=O)[C@@H]3[C@@H](N=NN3CC(=O)Nc3cc(Cl)ccc3C)C2=O)cc1OC. The molecule has 2 aromatic rings. The number of nitrogens with zero attached hydrogens (tertiary/aromatic N) is 4. The molecule has 3 amide bonds. The number of rotatable bonds is 6. The van der Waals surface area contributed by atoms with Crippen LogP contribution in [-0.4, -0.2) is 55.6 Å². The molecule has 0 spiro atoms. The Labute approximate surface area is 188 Å². The van der Waals surface area contributed by atoms with Crippen molar-refractivity contribution in [2.75, 3.05) is 31.0 Å². The molecular weight excluding hydrogens is 438 g/mol. The van der Waals surface area contributed by atoms with Gasteiger partial charge in [0.2, 0.25) is 5.91 Å². The Balaban J connectivity index is 1.52. The number of hydrogen-bond acceptors (Lipinski definition) is 8. The number of hydrogen-bond donors (Lipinski definition) is 1. The van der Waals surface area contributed by atoms with Crippen molar-refractivity contribution in [1.29, 1.82) is 0 Å². The average Bonchev–Trinajstić information content (AvgIpc) is 3.29. The third-order valence-electron chi connectivity index (χ3n) is 5.26. The molecule has 0 aliphatic carbocycles. The van der Waals surface area contributed by atoms with Gasteiger partial charge in [-0.3, -0.25) is 19.4 Å². The van der Waals surface area contributed by atoms with Crippen molar-refractivity contribution in [1.82, 2.24) is 5.01 Å². The van der Waals surface area contributed by atoms with Crippen molar-refractivity contribution in [2.24, 2.45) is 10.3 Å². The molecule has 0 aromatic heterocycles. The first-order valence-electron chi connectivity index (χ1n) is 9.67. The molecule has 0 radical (unpaired) electrons. The van der Waals surface area contributed by atoms with Gasteiger partial charge in [-0.15, -0.1) is 0 Å². The van der Waals surface area contributed by atoms with Gasteiger partial charge in [-0.1, -0.05) is 22.9 Å². The van der Waals surface area contributed by atoms with Crippen molar-refractivity contribution < 1.29 is 23.9 Å². The van der Waals surface area contributed by atoms with Gasteiger partial charge in [0.25, 0.3) is 11.8 Å². The van der Waals surface area contributed by atoms with E-state index in [2.05, 4.69) is 15.7 Å². The molecule has 2 heterocycles. The molecule has 166 valence electrons. The molecule has 0 saturated carbocycles. The van der Waals surface area contributed by atoms with Crippen LogP contribution in [0.1, 0.15) is 5.56 Å². The van der Waals surface area contributed by atoms with E-state index in [0.29, 0.717) is 27.9 Å². The van der Waals surface area contributed by atoms with Crippen molar-refractivity contribution in [3.63, 3.8) is 0 Å². The normalized spacial score (nSPS) is 19.4. The van der Waals surface area contributed by atoms with Crippen LogP contribution < -0.4 is 19.7 Å². The second kappa shape index (κ2) is 8.46. The number of halogens is 1. The Bertz CT molecular complexity index is 1140. The van der Waals surface area contributed by atoms with Gasteiger partial charge in [-0.25, -0.2) is 4.90 Å². The second-order valence-electron chi connectivity index (χ2n) is 7.25. The van der Waals surface area contributed by atoms with Crippen molar-refractivity contribution >= 4 is 40.7 Å². The first kappa shape index (κ1) is 21.6. The third-order valence-corrected chi connectivity index (χ3v) is 5.50. The second-order valence-corrected chi connectivity index (χ2v) is 7.69. The lowest BCUT2D eigenvalue weighted by Gasteiger charge is -2.21. The first-order valence-corrected chi connectivity index (χ1v) is 10.0. The number of imide groups is 1. The van der Waals surface area contributed by atoms with E-state index in [-0.39, 0.29) is 6.54 Å². The van der Waals surface area contributed by atoms with Gasteiger partial charge >= 0.3 is 0 Å². The highest BCUT2D eigenvalue weighted by atomic mass is 35.5. The molecule has 0 bridgehead atoms. The maximum absolute atomic E-state index is 13.1. The quantitative estimate of drug-likeness (QED) is 0.667. The number of benzene rings is 2. The van der Waals surface area contributed by atoms with Crippen LogP contribution in [-0.2, 0) is 14.4 Å². The highest BCUT2D eigenvalue weighted by Gasteiger charge is 2.55. The topological polar surface area (TPSA) is 113 Å². The van der Waals surface area contributed by atoms with E-state index in [0.717, 1.165) is 10.5 Å². The predicted molar refractivity (Wildman–Crippen MR) is 116 cm³/mol. The van der Waals surface area contributed by atoms with Crippen LogP contribution in [0.2, 0.25) is 5.02 Å². The Hall–Kier alpha value is -3.66. The van der Waals surface area contributed by atoms with Gasteiger partial charge < -0.3 is 14.8 Å². The van der Waals surface area contributed by atoms with E-state index in [9.17, 15) is 14.4 Å². The summed E-state index contributed by atoms with van der Waals surface area (Å²) in [5, 5.41) is 12.3. The summed E-state index contributed by atoms with van der Waals surface area (Å²) in [5.41, 5.74) is 1.70. The molecule has 0 unspecified atom stereocenters. The Morgan fingerprint density at radius 3 is 2.56 bits per heavy atom. The van der Waals surface area contributed by atoms with Crippen LogP contribution in [0, 0.1) is 6.92 Å². The maximum atomic E-state index is 13.1. The third kappa shape index (κ3) is 3.73. The molecule has 10 nitrogen and oxygen atoms in total. The standard InChI is InChI=1S/C21H20ClN5O5/c1-11-4-5-12(22)8-14(11)23-17(28)10-26-19-18(24-25-26)20(29)27(21(19)30)13-6-7-15(31-2)16(9-13)32-3/h4-9,18-19H,10H2,1-3H3,(H,23,28)/t18-,19+/m1/s1. The van der Waals surface area contributed by atoms with Gasteiger partial charge in [0.15, 0.2) is 23.6 Å². The van der Waals surface area contributed by atoms with E-state index in [1.165, 1.54) is 25.3 Å². The number of carbonyl (C=O) groups excluding carboxylic acids is 3.